The van der Waals surface area contributed by atoms with Gasteiger partial charge in [-0.15, -0.1) is 0 Å². The third kappa shape index (κ3) is 3.72. The predicted octanol–water partition coefficient (Wildman–Crippen LogP) is 5.37. The number of amides is 1. The SMILES string of the molecule is O=C(Nc1nc2c(nc1CC1CCCC1)-c1ccc(F)cc1CC2)c1ccccc1. The Hall–Kier alpha value is -3.08. The summed E-state index contributed by atoms with van der Waals surface area (Å²) in [5, 5.41) is 3.01. The second kappa shape index (κ2) is 7.98. The first-order valence-corrected chi connectivity index (χ1v) is 10.7. The minimum Gasteiger partial charge on any atom is -0.305 e. The molecule has 1 heterocycles. The first-order chi connectivity index (χ1) is 14.7. The summed E-state index contributed by atoms with van der Waals surface area (Å²) < 4.78 is 13.7. The second-order valence-corrected chi connectivity index (χ2v) is 8.29. The zero-order valence-corrected chi connectivity index (χ0v) is 16.8. The summed E-state index contributed by atoms with van der Waals surface area (Å²) in [6, 6.07) is 14.1. The molecule has 0 unspecified atom stereocenters. The minimum atomic E-state index is -0.219. The van der Waals surface area contributed by atoms with E-state index in [0.29, 0.717) is 23.7 Å². The number of fused-ring (bicyclic) bond motifs is 3. The molecule has 3 aromatic rings. The number of nitrogens with one attached hydrogen (secondary N) is 1. The van der Waals surface area contributed by atoms with Crippen LogP contribution in [0.5, 0.6) is 0 Å². The van der Waals surface area contributed by atoms with Gasteiger partial charge in [0.2, 0.25) is 0 Å². The number of hydrogen-bond donors (Lipinski definition) is 1. The monoisotopic (exact) mass is 401 g/mol. The maximum absolute atomic E-state index is 13.7. The number of nitrogens with zero attached hydrogens (tertiary/aromatic N) is 2. The van der Waals surface area contributed by atoms with E-state index in [2.05, 4.69) is 5.32 Å². The van der Waals surface area contributed by atoms with Crippen LogP contribution in [-0.2, 0) is 19.3 Å². The maximum Gasteiger partial charge on any atom is 0.256 e. The van der Waals surface area contributed by atoms with Crippen molar-refractivity contribution in [3.63, 3.8) is 0 Å². The Balaban J connectivity index is 1.54. The maximum atomic E-state index is 13.7. The molecule has 4 nitrogen and oxygen atoms in total. The zero-order valence-electron chi connectivity index (χ0n) is 16.8. The van der Waals surface area contributed by atoms with E-state index in [9.17, 15) is 9.18 Å². The van der Waals surface area contributed by atoms with Crippen LogP contribution in [0.4, 0.5) is 10.2 Å². The Bertz CT molecular complexity index is 1090. The van der Waals surface area contributed by atoms with Gasteiger partial charge in [0.25, 0.3) is 5.91 Å². The van der Waals surface area contributed by atoms with E-state index < -0.39 is 0 Å². The summed E-state index contributed by atoms with van der Waals surface area (Å²) in [5.74, 6) is 0.750. The number of benzene rings is 2. The molecule has 1 aromatic heterocycles. The Kier molecular flexibility index (Phi) is 5.03. The predicted molar refractivity (Wildman–Crippen MR) is 115 cm³/mol. The van der Waals surface area contributed by atoms with Crippen molar-refractivity contribution in [1.82, 2.24) is 9.97 Å². The van der Waals surface area contributed by atoms with E-state index in [1.54, 1.807) is 24.3 Å². The fraction of sp³-hybridized carbons (Fsp3) is 0.320. The molecule has 0 radical (unpaired) electrons. The lowest BCUT2D eigenvalue weighted by molar-refractivity contribution is 0.102. The lowest BCUT2D eigenvalue weighted by atomic mass is 9.91. The normalized spacial score (nSPS) is 15.5. The Morgan fingerprint density at radius 3 is 2.63 bits per heavy atom. The summed E-state index contributed by atoms with van der Waals surface area (Å²) in [4.78, 5) is 22.6. The van der Waals surface area contributed by atoms with E-state index in [1.807, 2.05) is 18.2 Å². The summed E-state index contributed by atoms with van der Waals surface area (Å²) in [7, 11) is 0. The van der Waals surface area contributed by atoms with Gasteiger partial charge in [-0.05, 0) is 61.1 Å². The number of rotatable bonds is 4. The van der Waals surface area contributed by atoms with Crippen LogP contribution in [0, 0.1) is 11.7 Å². The van der Waals surface area contributed by atoms with Gasteiger partial charge in [-0.1, -0.05) is 43.9 Å². The fourth-order valence-corrected chi connectivity index (χ4v) is 4.65. The third-order valence-corrected chi connectivity index (χ3v) is 6.22. The molecule has 152 valence electrons. The van der Waals surface area contributed by atoms with Crippen LogP contribution in [0.15, 0.2) is 48.5 Å². The molecule has 5 rings (SSSR count). The van der Waals surface area contributed by atoms with Gasteiger partial charge in [-0.25, -0.2) is 14.4 Å². The van der Waals surface area contributed by atoms with E-state index in [1.165, 1.54) is 31.7 Å². The van der Waals surface area contributed by atoms with E-state index in [4.69, 9.17) is 9.97 Å². The first kappa shape index (κ1) is 18.9. The van der Waals surface area contributed by atoms with Crippen molar-refractivity contribution in [3.05, 3.63) is 76.9 Å². The van der Waals surface area contributed by atoms with Gasteiger partial charge in [0.1, 0.15) is 5.82 Å². The molecule has 0 atom stereocenters. The zero-order chi connectivity index (χ0) is 20.5. The number of aryl methyl sites for hydroxylation is 2. The van der Waals surface area contributed by atoms with Crippen LogP contribution >= 0.6 is 0 Å². The Morgan fingerprint density at radius 1 is 1.03 bits per heavy atom. The number of halogens is 1. The van der Waals surface area contributed by atoms with Gasteiger partial charge < -0.3 is 5.32 Å². The van der Waals surface area contributed by atoms with Crippen molar-refractivity contribution in [1.29, 1.82) is 0 Å². The highest BCUT2D eigenvalue weighted by Crippen LogP contribution is 2.35. The van der Waals surface area contributed by atoms with Crippen LogP contribution < -0.4 is 5.32 Å². The average Bonchev–Trinajstić information content (AvgIpc) is 3.27. The first-order valence-electron chi connectivity index (χ1n) is 10.7. The minimum absolute atomic E-state index is 0.171. The summed E-state index contributed by atoms with van der Waals surface area (Å²) >= 11 is 0. The van der Waals surface area contributed by atoms with Gasteiger partial charge in [0.05, 0.1) is 17.1 Å². The molecule has 2 aliphatic rings. The number of carbonyl (C=O) groups excluding carboxylic acids is 1. The smallest absolute Gasteiger partial charge is 0.256 e. The third-order valence-electron chi connectivity index (χ3n) is 6.22. The highest BCUT2D eigenvalue weighted by Gasteiger charge is 2.25. The van der Waals surface area contributed by atoms with Crippen LogP contribution in [-0.4, -0.2) is 15.9 Å². The van der Waals surface area contributed by atoms with Gasteiger partial charge in [0.15, 0.2) is 5.82 Å². The lowest BCUT2D eigenvalue weighted by Gasteiger charge is -2.22. The van der Waals surface area contributed by atoms with Crippen molar-refractivity contribution in [3.8, 4) is 11.3 Å². The molecule has 1 amide bonds. The summed E-state index contributed by atoms with van der Waals surface area (Å²) in [6.45, 7) is 0. The van der Waals surface area contributed by atoms with E-state index in [0.717, 1.165) is 41.1 Å². The van der Waals surface area contributed by atoms with Crippen molar-refractivity contribution >= 4 is 11.7 Å². The topological polar surface area (TPSA) is 54.9 Å². The molecule has 0 aliphatic heterocycles. The van der Waals surface area contributed by atoms with Crippen LogP contribution in [0.2, 0.25) is 0 Å². The fourth-order valence-electron chi connectivity index (χ4n) is 4.65. The van der Waals surface area contributed by atoms with E-state index >= 15 is 0 Å². The quantitative estimate of drug-likeness (QED) is 0.640. The number of carbonyl (C=O) groups is 1. The van der Waals surface area contributed by atoms with Crippen molar-refractivity contribution in [2.24, 2.45) is 5.92 Å². The number of anilines is 1. The summed E-state index contributed by atoms with van der Waals surface area (Å²) in [5.41, 5.74) is 5.07. The molecule has 1 N–H and O–H groups in total. The van der Waals surface area contributed by atoms with E-state index in [-0.39, 0.29) is 11.7 Å². The standard InChI is InChI=1S/C25H24FN3O/c26-19-11-12-20-18(15-19)10-13-21-23(20)27-22(14-16-6-4-5-7-16)24(28-21)29-25(30)17-8-2-1-3-9-17/h1-3,8-9,11-12,15-16H,4-7,10,13-14H2,(H,28,29,30). The van der Waals surface area contributed by atoms with Gasteiger partial charge in [-0.3, -0.25) is 4.79 Å². The van der Waals surface area contributed by atoms with Crippen LogP contribution in [0.1, 0.15) is 53.0 Å². The highest BCUT2D eigenvalue weighted by molar-refractivity contribution is 6.04. The van der Waals surface area contributed by atoms with Gasteiger partial charge in [0, 0.05) is 11.1 Å². The molecule has 1 saturated carbocycles. The number of aromatic nitrogens is 2. The summed E-state index contributed by atoms with van der Waals surface area (Å²) in [6.07, 6.45) is 7.09. The average molecular weight is 401 g/mol. The Morgan fingerprint density at radius 2 is 1.83 bits per heavy atom. The number of hydrogen-bond acceptors (Lipinski definition) is 3. The molecule has 0 saturated heterocycles. The largest absolute Gasteiger partial charge is 0.305 e. The highest BCUT2D eigenvalue weighted by atomic mass is 19.1. The molecule has 1 fully saturated rings. The van der Waals surface area contributed by atoms with Gasteiger partial charge in [-0.2, -0.15) is 0 Å². The van der Waals surface area contributed by atoms with Crippen LogP contribution in [0.3, 0.4) is 0 Å². The second-order valence-electron chi connectivity index (χ2n) is 8.29. The lowest BCUT2D eigenvalue weighted by Crippen LogP contribution is -2.19. The molecule has 0 spiro atoms. The Labute approximate surface area is 175 Å². The van der Waals surface area contributed by atoms with Crippen molar-refractivity contribution < 1.29 is 9.18 Å². The molecule has 2 aromatic carbocycles. The van der Waals surface area contributed by atoms with Crippen molar-refractivity contribution in [2.75, 3.05) is 5.32 Å². The van der Waals surface area contributed by atoms with Crippen molar-refractivity contribution in [2.45, 2.75) is 44.9 Å². The van der Waals surface area contributed by atoms with Gasteiger partial charge >= 0.3 is 0 Å². The molecule has 2 aliphatic carbocycles. The molecule has 0 bridgehead atoms. The molecular formula is C25H24FN3O. The molecule has 5 heteroatoms. The molecular weight excluding hydrogens is 377 g/mol. The molecule has 30 heavy (non-hydrogen) atoms. The van der Waals surface area contributed by atoms with Crippen LogP contribution in [0.25, 0.3) is 11.3 Å².